The van der Waals surface area contributed by atoms with Crippen LogP contribution in [0, 0.1) is 16.2 Å². The Labute approximate surface area is 201 Å². The van der Waals surface area contributed by atoms with Gasteiger partial charge in [-0.1, -0.05) is 97.8 Å². The molecule has 0 saturated heterocycles. The minimum atomic E-state index is -1.27. The Morgan fingerprint density at radius 1 is 0.794 bits per heavy atom. The molecule has 2 aromatic rings. The van der Waals surface area contributed by atoms with E-state index in [9.17, 15) is 9.59 Å². The van der Waals surface area contributed by atoms with E-state index in [1.807, 2.05) is 60.7 Å². The zero-order valence-electron chi connectivity index (χ0n) is 19.8. The molecule has 176 valence electrons. The third-order valence-corrected chi connectivity index (χ3v) is 7.84. The Morgan fingerprint density at radius 2 is 1.35 bits per heavy atom. The Balaban J connectivity index is 1.38. The largest absolute Gasteiger partial charge is 0.460 e. The summed E-state index contributed by atoms with van der Waals surface area (Å²) in [5.74, 6) is -0.918. The van der Waals surface area contributed by atoms with E-state index in [2.05, 4.69) is 25.2 Å². The third-order valence-electron chi connectivity index (χ3n) is 7.84. The SMILES string of the molecule is CCCCC1=CC23CC(C(=O)OCc4ccccc4)(C(=O)OCc4ccccc4)CC2(C=C1)C3. The van der Waals surface area contributed by atoms with Crippen molar-refractivity contribution in [2.45, 2.75) is 58.7 Å². The van der Waals surface area contributed by atoms with E-state index in [1.165, 1.54) is 5.57 Å². The van der Waals surface area contributed by atoms with Gasteiger partial charge in [-0.15, -0.1) is 0 Å². The molecule has 2 saturated carbocycles. The van der Waals surface area contributed by atoms with Crippen LogP contribution in [0.3, 0.4) is 0 Å². The van der Waals surface area contributed by atoms with Gasteiger partial charge in [0, 0.05) is 10.8 Å². The van der Waals surface area contributed by atoms with Gasteiger partial charge >= 0.3 is 11.9 Å². The van der Waals surface area contributed by atoms with E-state index in [1.54, 1.807) is 0 Å². The average molecular weight is 457 g/mol. The minimum absolute atomic E-state index is 0.137. The van der Waals surface area contributed by atoms with Gasteiger partial charge in [0.1, 0.15) is 13.2 Å². The second-order valence-electron chi connectivity index (χ2n) is 10.2. The van der Waals surface area contributed by atoms with Crippen molar-refractivity contribution in [1.82, 2.24) is 0 Å². The van der Waals surface area contributed by atoms with Crippen molar-refractivity contribution in [3.05, 3.63) is 95.6 Å². The maximum atomic E-state index is 13.6. The number of carbonyl (C=O) groups is 2. The van der Waals surface area contributed by atoms with E-state index in [0.717, 1.165) is 36.8 Å². The molecule has 5 rings (SSSR count). The van der Waals surface area contributed by atoms with Crippen LogP contribution < -0.4 is 0 Å². The predicted molar refractivity (Wildman–Crippen MR) is 130 cm³/mol. The molecule has 0 amide bonds. The fraction of sp³-hybridized carbons (Fsp3) is 0.400. The number of esters is 2. The number of carbonyl (C=O) groups excluding carboxylic acids is 2. The van der Waals surface area contributed by atoms with Crippen LogP contribution in [0.25, 0.3) is 0 Å². The Kier molecular flexibility index (Phi) is 5.93. The molecule has 2 unspecified atom stereocenters. The highest BCUT2D eigenvalue weighted by Gasteiger charge is 2.78. The van der Waals surface area contributed by atoms with Crippen molar-refractivity contribution in [2.75, 3.05) is 0 Å². The fourth-order valence-corrected chi connectivity index (χ4v) is 5.97. The summed E-state index contributed by atoms with van der Waals surface area (Å²) in [6.45, 7) is 2.50. The smallest absolute Gasteiger partial charge is 0.323 e. The van der Waals surface area contributed by atoms with E-state index < -0.39 is 17.4 Å². The molecular weight excluding hydrogens is 424 g/mol. The highest BCUT2D eigenvalue weighted by molar-refractivity contribution is 6.01. The molecule has 0 radical (unpaired) electrons. The summed E-state index contributed by atoms with van der Waals surface area (Å²) in [4.78, 5) is 27.2. The number of benzene rings is 2. The zero-order valence-corrected chi connectivity index (χ0v) is 19.8. The summed E-state index contributed by atoms with van der Waals surface area (Å²) in [7, 11) is 0. The van der Waals surface area contributed by atoms with Crippen LogP contribution in [-0.4, -0.2) is 11.9 Å². The van der Waals surface area contributed by atoms with Crippen LogP contribution in [0.1, 0.15) is 56.6 Å². The third kappa shape index (κ3) is 4.00. The van der Waals surface area contributed by atoms with Gasteiger partial charge in [0.05, 0.1) is 0 Å². The molecule has 4 heteroatoms. The molecule has 3 aliphatic carbocycles. The lowest BCUT2D eigenvalue weighted by Crippen LogP contribution is -2.41. The zero-order chi connectivity index (χ0) is 23.7. The first-order chi connectivity index (χ1) is 16.5. The topological polar surface area (TPSA) is 52.6 Å². The van der Waals surface area contributed by atoms with Crippen molar-refractivity contribution in [2.24, 2.45) is 16.2 Å². The highest BCUT2D eigenvalue weighted by atomic mass is 16.6. The van der Waals surface area contributed by atoms with Crippen molar-refractivity contribution in [3.63, 3.8) is 0 Å². The molecule has 0 aromatic heterocycles. The van der Waals surface area contributed by atoms with Gasteiger partial charge in [-0.25, -0.2) is 0 Å². The van der Waals surface area contributed by atoms with Crippen LogP contribution in [-0.2, 0) is 32.3 Å². The lowest BCUT2D eigenvalue weighted by molar-refractivity contribution is -0.175. The minimum Gasteiger partial charge on any atom is -0.460 e. The monoisotopic (exact) mass is 456 g/mol. The van der Waals surface area contributed by atoms with Crippen LogP contribution >= 0.6 is 0 Å². The molecule has 34 heavy (non-hydrogen) atoms. The van der Waals surface area contributed by atoms with Crippen LogP contribution in [0.5, 0.6) is 0 Å². The summed E-state index contributed by atoms with van der Waals surface area (Å²) < 4.78 is 11.5. The van der Waals surface area contributed by atoms with Crippen LogP contribution in [0.4, 0.5) is 0 Å². The quantitative estimate of drug-likeness (QED) is 0.327. The summed E-state index contributed by atoms with van der Waals surface area (Å²) in [6, 6.07) is 19.2. The fourth-order valence-electron chi connectivity index (χ4n) is 5.97. The molecule has 3 aliphatic rings. The van der Waals surface area contributed by atoms with E-state index >= 15 is 0 Å². The van der Waals surface area contributed by atoms with E-state index in [4.69, 9.17) is 9.47 Å². The van der Waals surface area contributed by atoms with Crippen molar-refractivity contribution >= 4 is 11.9 Å². The maximum absolute atomic E-state index is 13.6. The summed E-state index contributed by atoms with van der Waals surface area (Å²) in [6.07, 6.45) is 12.0. The first kappa shape index (κ1) is 22.6. The van der Waals surface area contributed by atoms with Gasteiger partial charge in [0.25, 0.3) is 0 Å². The Bertz CT molecular complexity index is 1060. The normalized spacial score (nSPS) is 25.6. The van der Waals surface area contributed by atoms with Gasteiger partial charge in [-0.3, -0.25) is 9.59 Å². The van der Waals surface area contributed by atoms with Crippen molar-refractivity contribution in [3.8, 4) is 0 Å². The van der Waals surface area contributed by atoms with Crippen LogP contribution in [0.15, 0.2) is 84.5 Å². The molecule has 2 aromatic carbocycles. The van der Waals surface area contributed by atoms with Gasteiger partial charge in [-0.05, 0) is 43.2 Å². The lowest BCUT2D eigenvalue weighted by Gasteiger charge is -2.28. The number of hydrogen-bond acceptors (Lipinski definition) is 4. The molecule has 0 bridgehead atoms. The van der Waals surface area contributed by atoms with Gasteiger partial charge in [0.15, 0.2) is 5.41 Å². The standard InChI is InChI=1S/C30H32O4/c1-2-3-10-23-15-16-28-20-29(28,17-23)22-30(21-28,26(31)33-18-24-11-6-4-7-12-24)27(32)34-19-25-13-8-5-9-14-25/h4-9,11-17H,2-3,10,18-22H2,1H3. The van der Waals surface area contributed by atoms with Crippen molar-refractivity contribution < 1.29 is 19.1 Å². The maximum Gasteiger partial charge on any atom is 0.323 e. The van der Waals surface area contributed by atoms with E-state index in [0.29, 0.717) is 12.8 Å². The van der Waals surface area contributed by atoms with Crippen molar-refractivity contribution in [1.29, 1.82) is 0 Å². The number of allylic oxidation sites excluding steroid dienone is 4. The first-order valence-corrected chi connectivity index (χ1v) is 12.3. The molecule has 2 atom stereocenters. The summed E-state index contributed by atoms with van der Waals surface area (Å²) in [5.41, 5.74) is 1.58. The van der Waals surface area contributed by atoms with E-state index in [-0.39, 0.29) is 24.0 Å². The molecule has 0 N–H and O–H groups in total. The van der Waals surface area contributed by atoms with Gasteiger partial charge < -0.3 is 9.47 Å². The molecule has 0 aliphatic heterocycles. The summed E-state index contributed by atoms with van der Waals surface area (Å²) >= 11 is 0. The van der Waals surface area contributed by atoms with Gasteiger partial charge in [0.2, 0.25) is 0 Å². The molecule has 0 spiro atoms. The molecular formula is C30H32O4. The molecule has 2 fully saturated rings. The number of rotatable bonds is 9. The number of hydrogen-bond donors (Lipinski definition) is 0. The molecule has 0 heterocycles. The first-order valence-electron chi connectivity index (χ1n) is 12.3. The van der Waals surface area contributed by atoms with Gasteiger partial charge in [-0.2, -0.15) is 0 Å². The number of ether oxygens (including phenoxy) is 2. The molecule has 4 nitrogen and oxygen atoms in total. The summed E-state index contributed by atoms with van der Waals surface area (Å²) in [5, 5.41) is 0. The average Bonchev–Trinajstić information content (AvgIpc) is 3.40. The van der Waals surface area contributed by atoms with Crippen LogP contribution in [0.2, 0.25) is 0 Å². The Morgan fingerprint density at radius 3 is 1.91 bits per heavy atom. The predicted octanol–water partition coefficient (Wildman–Crippen LogP) is 6.32. The highest BCUT2D eigenvalue weighted by Crippen LogP contribution is 2.81. The number of unbranched alkanes of at least 4 members (excludes halogenated alkanes) is 1. The lowest BCUT2D eigenvalue weighted by atomic mass is 9.79. The second kappa shape index (κ2) is 8.90. The second-order valence-corrected chi connectivity index (χ2v) is 10.2. The Hall–Kier alpha value is -3.14.